The van der Waals surface area contributed by atoms with Gasteiger partial charge in [-0.2, -0.15) is 0 Å². The molecule has 2 rings (SSSR count). The van der Waals surface area contributed by atoms with E-state index in [4.69, 9.17) is 11.6 Å². The van der Waals surface area contributed by atoms with Gasteiger partial charge in [-0.3, -0.25) is 0 Å². The van der Waals surface area contributed by atoms with Crippen LogP contribution in [0.3, 0.4) is 0 Å². The van der Waals surface area contributed by atoms with E-state index < -0.39 is 5.82 Å². The van der Waals surface area contributed by atoms with Crippen molar-refractivity contribution >= 4 is 51.2 Å². The number of hydrogen-bond acceptors (Lipinski definition) is 4. The second kappa shape index (κ2) is 5.36. The van der Waals surface area contributed by atoms with Crippen molar-refractivity contribution in [2.24, 2.45) is 0 Å². The maximum absolute atomic E-state index is 13.0. The van der Waals surface area contributed by atoms with E-state index in [1.807, 2.05) is 22.6 Å². The number of thiazole rings is 1. The van der Waals surface area contributed by atoms with Gasteiger partial charge in [0.1, 0.15) is 11.6 Å². The minimum atomic E-state index is -0.460. The summed E-state index contributed by atoms with van der Waals surface area (Å²) in [4.78, 5) is 4.85. The molecule has 2 N–H and O–H groups in total. The van der Waals surface area contributed by atoms with Crippen molar-refractivity contribution in [3.63, 3.8) is 0 Å². The average molecular weight is 385 g/mol. The van der Waals surface area contributed by atoms with Gasteiger partial charge in [0.05, 0.1) is 12.2 Å². The Morgan fingerprint density at radius 2 is 2.29 bits per heavy atom. The van der Waals surface area contributed by atoms with E-state index in [-0.39, 0.29) is 5.75 Å². The van der Waals surface area contributed by atoms with Gasteiger partial charge in [0.2, 0.25) is 0 Å². The minimum Gasteiger partial charge on any atom is -0.506 e. The third-order valence-corrected chi connectivity index (χ3v) is 3.96. The summed E-state index contributed by atoms with van der Waals surface area (Å²) in [7, 11) is 0. The normalized spacial score (nSPS) is 10.5. The average Bonchev–Trinajstić information content (AvgIpc) is 2.62. The van der Waals surface area contributed by atoms with Crippen molar-refractivity contribution < 1.29 is 9.50 Å². The Balaban J connectivity index is 2.14. The van der Waals surface area contributed by atoms with E-state index in [9.17, 15) is 9.50 Å². The number of halogens is 3. The lowest BCUT2D eigenvalue weighted by molar-refractivity contribution is 0.470. The lowest BCUT2D eigenvalue weighted by Gasteiger charge is -2.09. The highest BCUT2D eigenvalue weighted by Gasteiger charge is 2.09. The summed E-state index contributed by atoms with van der Waals surface area (Å²) in [6, 6.07) is 2.42. The maximum atomic E-state index is 13.0. The second-order valence-corrected chi connectivity index (χ2v) is 6.07. The van der Waals surface area contributed by atoms with Crippen LogP contribution in [0.1, 0.15) is 4.88 Å². The van der Waals surface area contributed by atoms with Crippen LogP contribution in [0, 0.1) is 9.39 Å². The Morgan fingerprint density at radius 3 is 2.88 bits per heavy atom. The summed E-state index contributed by atoms with van der Waals surface area (Å²) in [5.41, 5.74) is 0.511. The lowest BCUT2D eigenvalue weighted by atomic mass is 10.3. The van der Waals surface area contributed by atoms with E-state index in [0.29, 0.717) is 20.3 Å². The molecule has 1 aromatic heterocycles. The number of phenolic OH excluding ortho intramolecular Hbond substituents is 1. The zero-order chi connectivity index (χ0) is 12.4. The molecule has 0 fully saturated rings. The smallest absolute Gasteiger partial charge is 0.183 e. The zero-order valence-electron chi connectivity index (χ0n) is 8.38. The number of aromatic hydroxyl groups is 1. The fourth-order valence-electron chi connectivity index (χ4n) is 1.28. The van der Waals surface area contributed by atoms with Gasteiger partial charge in [-0.1, -0.05) is 11.6 Å². The molecule has 0 spiro atoms. The molecule has 1 heterocycles. The number of nitrogens with zero attached hydrogens (tertiary/aromatic N) is 1. The number of hydrogen-bond donors (Lipinski definition) is 2. The molecule has 17 heavy (non-hydrogen) atoms. The third-order valence-electron chi connectivity index (χ3n) is 2.00. The number of rotatable bonds is 3. The zero-order valence-corrected chi connectivity index (χ0v) is 12.1. The SMILES string of the molecule is Oc1cc(F)cc(I)c1NCc1cnc(Cl)s1. The van der Waals surface area contributed by atoms with Gasteiger partial charge in [0, 0.05) is 20.7 Å². The third kappa shape index (κ3) is 3.20. The molecule has 90 valence electrons. The molecule has 2 aromatic rings. The number of nitrogens with one attached hydrogen (secondary N) is 1. The highest BCUT2D eigenvalue weighted by molar-refractivity contribution is 14.1. The molecular formula is C10H7ClFIN2OS. The number of benzene rings is 1. The van der Waals surface area contributed by atoms with Crippen LogP contribution in [0.15, 0.2) is 18.3 Å². The Kier molecular flexibility index (Phi) is 4.05. The molecule has 0 aliphatic heterocycles. The standard InChI is InChI=1S/C10H7ClFIN2OS/c11-10-15-4-6(17-10)3-14-9-7(13)1-5(12)2-8(9)16/h1-2,4,14,16H,3H2. The van der Waals surface area contributed by atoms with E-state index in [1.165, 1.54) is 17.4 Å². The molecular weight excluding hydrogens is 378 g/mol. The Labute approximate surface area is 120 Å². The van der Waals surface area contributed by atoms with Gasteiger partial charge >= 0.3 is 0 Å². The summed E-state index contributed by atoms with van der Waals surface area (Å²) < 4.78 is 14.1. The van der Waals surface area contributed by atoms with Crippen LogP contribution in [-0.2, 0) is 6.54 Å². The molecule has 0 amide bonds. The lowest BCUT2D eigenvalue weighted by Crippen LogP contribution is -2.00. The van der Waals surface area contributed by atoms with Crippen LogP contribution < -0.4 is 5.32 Å². The number of phenols is 1. The Bertz CT molecular complexity index is 526. The predicted octanol–water partition coefficient (Wildman–Crippen LogP) is 3.86. The van der Waals surface area contributed by atoms with Gasteiger partial charge in [0.15, 0.2) is 4.47 Å². The molecule has 0 saturated heterocycles. The van der Waals surface area contributed by atoms with E-state index in [1.54, 1.807) is 6.20 Å². The summed E-state index contributed by atoms with van der Waals surface area (Å²) in [5, 5.41) is 12.6. The van der Waals surface area contributed by atoms with Gasteiger partial charge in [-0.25, -0.2) is 9.37 Å². The quantitative estimate of drug-likeness (QED) is 0.624. The van der Waals surface area contributed by atoms with Crippen molar-refractivity contribution in [1.29, 1.82) is 0 Å². The first-order valence-corrected chi connectivity index (χ1v) is 6.85. The maximum Gasteiger partial charge on any atom is 0.183 e. The van der Waals surface area contributed by atoms with Crippen molar-refractivity contribution in [2.75, 3.05) is 5.32 Å². The van der Waals surface area contributed by atoms with Crippen molar-refractivity contribution in [3.8, 4) is 5.75 Å². The van der Waals surface area contributed by atoms with Crippen molar-refractivity contribution in [3.05, 3.63) is 37.1 Å². The molecule has 1 aromatic carbocycles. The number of aromatic nitrogens is 1. The molecule has 0 bridgehead atoms. The summed E-state index contributed by atoms with van der Waals surface area (Å²) >= 11 is 9.02. The van der Waals surface area contributed by atoms with Crippen LogP contribution in [0.4, 0.5) is 10.1 Å². The fourth-order valence-corrected chi connectivity index (χ4v) is 2.96. The molecule has 0 saturated carbocycles. The summed E-state index contributed by atoms with van der Waals surface area (Å²) in [5.74, 6) is -0.566. The molecule has 0 radical (unpaired) electrons. The Morgan fingerprint density at radius 1 is 1.53 bits per heavy atom. The molecule has 0 aliphatic carbocycles. The van der Waals surface area contributed by atoms with Crippen LogP contribution in [0.2, 0.25) is 4.47 Å². The minimum absolute atomic E-state index is 0.106. The molecule has 0 aliphatic rings. The largest absolute Gasteiger partial charge is 0.506 e. The first-order valence-electron chi connectivity index (χ1n) is 4.58. The van der Waals surface area contributed by atoms with Gasteiger partial charge in [-0.15, -0.1) is 11.3 Å². The highest BCUT2D eigenvalue weighted by Crippen LogP contribution is 2.31. The first-order chi connectivity index (χ1) is 8.06. The predicted molar refractivity (Wildman–Crippen MR) is 75.2 cm³/mol. The van der Waals surface area contributed by atoms with Gasteiger partial charge in [-0.05, 0) is 28.7 Å². The molecule has 0 atom stereocenters. The van der Waals surface area contributed by atoms with Crippen LogP contribution in [0.5, 0.6) is 5.75 Å². The summed E-state index contributed by atoms with van der Waals surface area (Å²) in [6.45, 7) is 0.486. The topological polar surface area (TPSA) is 45.1 Å². The molecule has 3 nitrogen and oxygen atoms in total. The van der Waals surface area contributed by atoms with Crippen LogP contribution in [0.25, 0.3) is 0 Å². The van der Waals surface area contributed by atoms with Crippen LogP contribution >= 0.6 is 45.5 Å². The van der Waals surface area contributed by atoms with E-state index in [2.05, 4.69) is 10.3 Å². The van der Waals surface area contributed by atoms with Crippen molar-refractivity contribution in [1.82, 2.24) is 4.98 Å². The van der Waals surface area contributed by atoms with E-state index in [0.717, 1.165) is 10.9 Å². The van der Waals surface area contributed by atoms with E-state index >= 15 is 0 Å². The van der Waals surface area contributed by atoms with Gasteiger partial charge in [0.25, 0.3) is 0 Å². The van der Waals surface area contributed by atoms with Crippen molar-refractivity contribution in [2.45, 2.75) is 6.54 Å². The molecule has 7 heteroatoms. The summed E-state index contributed by atoms with van der Waals surface area (Å²) in [6.07, 6.45) is 1.66. The van der Waals surface area contributed by atoms with Gasteiger partial charge < -0.3 is 10.4 Å². The Hall–Kier alpha value is -0.600. The monoisotopic (exact) mass is 384 g/mol. The van der Waals surface area contributed by atoms with Crippen LogP contribution in [-0.4, -0.2) is 10.1 Å². The second-order valence-electron chi connectivity index (χ2n) is 3.21. The molecule has 0 unspecified atom stereocenters. The first kappa shape index (κ1) is 12.8. The number of anilines is 1. The fraction of sp³-hybridized carbons (Fsp3) is 0.100. The highest BCUT2D eigenvalue weighted by atomic mass is 127.